The van der Waals surface area contributed by atoms with Gasteiger partial charge < -0.3 is 0 Å². The van der Waals surface area contributed by atoms with Crippen LogP contribution < -0.4 is 0 Å². The lowest BCUT2D eigenvalue weighted by atomic mass is 10.2. The second-order valence-electron chi connectivity index (χ2n) is 2.69. The minimum absolute atomic E-state index is 0.121. The van der Waals surface area contributed by atoms with Crippen molar-refractivity contribution in [3.8, 4) is 0 Å². The number of nitrogens with zero attached hydrogens (tertiary/aromatic N) is 1. The van der Waals surface area contributed by atoms with Crippen molar-refractivity contribution in [2.75, 3.05) is 0 Å². The topological polar surface area (TPSA) is 12.9 Å². The van der Waals surface area contributed by atoms with Crippen LogP contribution in [-0.2, 0) is 0 Å². The lowest BCUT2D eigenvalue weighted by Crippen LogP contribution is -1.85. The fourth-order valence-corrected chi connectivity index (χ4v) is 1.76. The van der Waals surface area contributed by atoms with Crippen LogP contribution in [0.5, 0.6) is 0 Å². The first-order chi connectivity index (χ1) is 6.59. The number of benzene rings is 1. The van der Waals surface area contributed by atoms with E-state index < -0.39 is 0 Å². The average Bonchev–Trinajstić information content (AvgIpc) is 2.16. The Morgan fingerprint density at radius 1 is 1.07 bits per heavy atom. The third-order valence-electron chi connectivity index (χ3n) is 1.79. The lowest BCUT2D eigenvalue weighted by Gasteiger charge is -2.03. The Labute approximate surface area is 94.4 Å². The van der Waals surface area contributed by atoms with Crippen molar-refractivity contribution in [2.24, 2.45) is 0 Å². The summed E-state index contributed by atoms with van der Waals surface area (Å²) in [5.41, 5.74) is 0.519. The van der Waals surface area contributed by atoms with Gasteiger partial charge in [0.2, 0.25) is 0 Å². The molecule has 0 unspecified atom stereocenters. The number of aromatic nitrogens is 1. The fourth-order valence-electron chi connectivity index (χ4n) is 1.15. The maximum Gasteiger partial charge on any atom is 0.149 e. The molecule has 0 atom stereocenters. The SMILES string of the molecule is Fc1ccc2nc(Cl)c(Cl)c(Cl)c2c1. The van der Waals surface area contributed by atoms with E-state index in [1.807, 2.05) is 0 Å². The second-order valence-corrected chi connectivity index (χ2v) is 3.81. The maximum atomic E-state index is 12.9. The van der Waals surface area contributed by atoms with Crippen LogP contribution in [0.1, 0.15) is 0 Å². The third-order valence-corrected chi connectivity index (χ3v) is 3.02. The van der Waals surface area contributed by atoms with Gasteiger partial charge in [-0.2, -0.15) is 0 Å². The molecule has 0 saturated heterocycles. The number of halogens is 4. The summed E-state index contributed by atoms with van der Waals surface area (Å²) in [4.78, 5) is 3.96. The van der Waals surface area contributed by atoms with Gasteiger partial charge in [0.15, 0.2) is 0 Å². The molecule has 1 nitrogen and oxygen atoms in total. The standard InChI is InChI=1S/C9H3Cl3FN/c10-7-5-3-4(13)1-2-6(5)14-9(12)8(7)11/h1-3H. The van der Waals surface area contributed by atoms with Crippen molar-refractivity contribution in [1.29, 1.82) is 0 Å². The van der Waals surface area contributed by atoms with E-state index in [0.717, 1.165) is 0 Å². The van der Waals surface area contributed by atoms with Crippen molar-refractivity contribution in [3.05, 3.63) is 39.2 Å². The summed E-state index contributed by atoms with van der Waals surface area (Å²) in [6.07, 6.45) is 0. The van der Waals surface area contributed by atoms with Gasteiger partial charge in [-0.15, -0.1) is 0 Å². The van der Waals surface area contributed by atoms with E-state index in [9.17, 15) is 4.39 Å². The fraction of sp³-hybridized carbons (Fsp3) is 0. The molecule has 0 saturated carbocycles. The lowest BCUT2D eigenvalue weighted by molar-refractivity contribution is 0.629. The van der Waals surface area contributed by atoms with E-state index in [0.29, 0.717) is 10.9 Å². The zero-order chi connectivity index (χ0) is 10.3. The van der Waals surface area contributed by atoms with E-state index in [1.54, 1.807) is 0 Å². The molecule has 0 spiro atoms. The van der Waals surface area contributed by atoms with Crippen molar-refractivity contribution in [2.45, 2.75) is 0 Å². The van der Waals surface area contributed by atoms with Crippen LogP contribution in [0, 0.1) is 5.82 Å². The number of hydrogen-bond acceptors (Lipinski definition) is 1. The Morgan fingerprint density at radius 3 is 2.50 bits per heavy atom. The normalized spacial score (nSPS) is 10.9. The monoisotopic (exact) mass is 249 g/mol. The van der Waals surface area contributed by atoms with Crippen LogP contribution in [0.2, 0.25) is 15.2 Å². The molecule has 0 aliphatic rings. The van der Waals surface area contributed by atoms with Gasteiger partial charge in [-0.05, 0) is 18.2 Å². The van der Waals surface area contributed by atoms with Gasteiger partial charge in [0, 0.05) is 5.39 Å². The van der Waals surface area contributed by atoms with Crippen molar-refractivity contribution in [1.82, 2.24) is 4.98 Å². The first-order valence-corrected chi connectivity index (χ1v) is 4.83. The quantitative estimate of drug-likeness (QED) is 0.634. The molecule has 0 N–H and O–H groups in total. The molecule has 0 bridgehead atoms. The number of pyridine rings is 1. The predicted molar refractivity (Wildman–Crippen MR) is 56.7 cm³/mol. The van der Waals surface area contributed by atoms with Gasteiger partial charge in [0.05, 0.1) is 15.6 Å². The zero-order valence-corrected chi connectivity index (χ0v) is 8.96. The van der Waals surface area contributed by atoms with E-state index in [2.05, 4.69) is 4.98 Å². The van der Waals surface area contributed by atoms with Crippen LogP contribution in [0.15, 0.2) is 18.2 Å². The maximum absolute atomic E-state index is 12.9. The van der Waals surface area contributed by atoms with Gasteiger partial charge in [0.25, 0.3) is 0 Å². The summed E-state index contributed by atoms with van der Waals surface area (Å²) in [5, 5.41) is 0.949. The van der Waals surface area contributed by atoms with Crippen LogP contribution in [0.25, 0.3) is 10.9 Å². The van der Waals surface area contributed by atoms with E-state index in [-0.39, 0.29) is 21.0 Å². The molecule has 72 valence electrons. The number of rotatable bonds is 0. The highest BCUT2D eigenvalue weighted by Gasteiger charge is 2.10. The van der Waals surface area contributed by atoms with Gasteiger partial charge in [-0.25, -0.2) is 9.37 Å². The molecule has 1 heterocycles. The molecule has 0 radical (unpaired) electrons. The Hall–Kier alpha value is -0.570. The summed E-state index contributed by atoms with van der Waals surface area (Å²) < 4.78 is 12.9. The Kier molecular flexibility index (Phi) is 2.52. The third kappa shape index (κ3) is 1.54. The number of hydrogen-bond donors (Lipinski definition) is 0. The predicted octanol–water partition coefficient (Wildman–Crippen LogP) is 4.33. The van der Waals surface area contributed by atoms with E-state index >= 15 is 0 Å². The minimum atomic E-state index is -0.389. The largest absolute Gasteiger partial charge is 0.234 e. The molecule has 14 heavy (non-hydrogen) atoms. The highest BCUT2D eigenvalue weighted by Crippen LogP contribution is 2.34. The summed E-state index contributed by atoms with van der Waals surface area (Å²) in [7, 11) is 0. The highest BCUT2D eigenvalue weighted by atomic mass is 35.5. The van der Waals surface area contributed by atoms with Gasteiger partial charge in [-0.3, -0.25) is 0 Å². The zero-order valence-electron chi connectivity index (χ0n) is 6.69. The van der Waals surface area contributed by atoms with E-state index in [1.165, 1.54) is 18.2 Å². The summed E-state index contributed by atoms with van der Waals surface area (Å²) in [5.74, 6) is -0.389. The van der Waals surface area contributed by atoms with Crippen LogP contribution in [-0.4, -0.2) is 4.98 Å². The van der Waals surface area contributed by atoms with E-state index in [4.69, 9.17) is 34.8 Å². The summed E-state index contributed by atoms with van der Waals surface area (Å²) in [6.45, 7) is 0. The molecular formula is C9H3Cl3FN. The molecule has 1 aromatic heterocycles. The molecule has 1 aromatic carbocycles. The summed E-state index contributed by atoms with van der Waals surface area (Å²) >= 11 is 17.4. The van der Waals surface area contributed by atoms with Crippen LogP contribution >= 0.6 is 34.8 Å². The smallest absolute Gasteiger partial charge is 0.149 e. The Balaban J connectivity index is 2.92. The van der Waals surface area contributed by atoms with Gasteiger partial charge >= 0.3 is 0 Å². The molecule has 0 aliphatic heterocycles. The van der Waals surface area contributed by atoms with Crippen LogP contribution in [0.4, 0.5) is 4.39 Å². The minimum Gasteiger partial charge on any atom is -0.234 e. The van der Waals surface area contributed by atoms with Crippen LogP contribution in [0.3, 0.4) is 0 Å². The number of fused-ring (bicyclic) bond motifs is 1. The Bertz CT molecular complexity index is 513. The Morgan fingerprint density at radius 2 is 1.79 bits per heavy atom. The van der Waals surface area contributed by atoms with Crippen molar-refractivity contribution < 1.29 is 4.39 Å². The van der Waals surface area contributed by atoms with Gasteiger partial charge in [-0.1, -0.05) is 34.8 Å². The van der Waals surface area contributed by atoms with Gasteiger partial charge in [0.1, 0.15) is 11.0 Å². The molecule has 2 rings (SSSR count). The highest BCUT2D eigenvalue weighted by molar-refractivity contribution is 6.49. The van der Waals surface area contributed by atoms with Crippen molar-refractivity contribution >= 4 is 45.7 Å². The molecule has 0 aliphatic carbocycles. The first-order valence-electron chi connectivity index (χ1n) is 3.69. The van der Waals surface area contributed by atoms with Crippen molar-refractivity contribution in [3.63, 3.8) is 0 Å². The average molecular weight is 250 g/mol. The first kappa shape index (κ1) is 9.97. The molecule has 0 fully saturated rings. The molecular weight excluding hydrogens is 247 g/mol. The summed E-state index contributed by atoms with van der Waals surface area (Å²) in [6, 6.07) is 4.06. The molecule has 5 heteroatoms. The second kappa shape index (κ2) is 3.54. The molecule has 2 aromatic rings. The molecule has 0 amide bonds.